The number of hydrogen-bond acceptors (Lipinski definition) is 8. The second-order valence-corrected chi connectivity index (χ2v) is 17.9. The summed E-state index contributed by atoms with van der Waals surface area (Å²) in [6, 6.07) is 29.5. The molecular weight excluding hydrogens is 763 g/mol. The van der Waals surface area contributed by atoms with Crippen molar-refractivity contribution in [1.82, 2.24) is 27.9 Å². The summed E-state index contributed by atoms with van der Waals surface area (Å²) in [4.78, 5) is 4.72. The van der Waals surface area contributed by atoms with Crippen molar-refractivity contribution < 1.29 is 22.6 Å². The van der Waals surface area contributed by atoms with Crippen molar-refractivity contribution in [2.75, 3.05) is 84.6 Å². The quantitative estimate of drug-likeness (QED) is 0.106. The maximum absolute atomic E-state index is 12.6. The summed E-state index contributed by atoms with van der Waals surface area (Å²) in [6.45, 7) is 12.8. The first-order valence-corrected chi connectivity index (χ1v) is 22.2. The lowest BCUT2D eigenvalue weighted by Gasteiger charge is -2.36. The lowest BCUT2D eigenvalue weighted by Crippen LogP contribution is -2.51. The third-order valence-electron chi connectivity index (χ3n) is 12.0. The van der Waals surface area contributed by atoms with Crippen molar-refractivity contribution in [2.45, 2.75) is 39.8 Å². The number of morpholine rings is 1. The van der Waals surface area contributed by atoms with Gasteiger partial charge in [0.2, 0.25) is 0 Å². The smallest absolute Gasteiger partial charge is 0.281 e. The minimum atomic E-state index is -3.41. The van der Waals surface area contributed by atoms with Crippen LogP contribution in [-0.4, -0.2) is 116 Å². The number of aromatic nitrogens is 3. The van der Waals surface area contributed by atoms with E-state index in [1.807, 2.05) is 23.9 Å². The van der Waals surface area contributed by atoms with Crippen molar-refractivity contribution in [3.05, 3.63) is 108 Å². The van der Waals surface area contributed by atoms with E-state index in [-0.39, 0.29) is 0 Å². The van der Waals surface area contributed by atoms with Crippen molar-refractivity contribution in [1.29, 1.82) is 0 Å². The van der Waals surface area contributed by atoms with Gasteiger partial charge in [-0.05, 0) is 68.0 Å². The van der Waals surface area contributed by atoms with Gasteiger partial charge in [0.1, 0.15) is 18.1 Å². The summed E-state index contributed by atoms with van der Waals surface area (Å²) < 4.78 is 51.1. The van der Waals surface area contributed by atoms with Gasteiger partial charge in [0.05, 0.1) is 36.7 Å². The van der Waals surface area contributed by atoms with E-state index in [9.17, 15) is 8.42 Å². The zero-order valence-electron chi connectivity index (χ0n) is 35.1. The number of ether oxygens (including phenoxy) is 3. The van der Waals surface area contributed by atoms with E-state index in [0.717, 1.165) is 91.8 Å². The van der Waals surface area contributed by atoms with E-state index in [1.165, 1.54) is 37.4 Å². The molecule has 2 aliphatic rings. The highest BCUT2D eigenvalue weighted by molar-refractivity contribution is 7.86. The molecule has 312 valence electrons. The van der Waals surface area contributed by atoms with Crippen LogP contribution in [0.1, 0.15) is 29.1 Å². The van der Waals surface area contributed by atoms with Gasteiger partial charge in [0, 0.05) is 107 Å². The summed E-state index contributed by atoms with van der Waals surface area (Å²) >= 11 is 0. The molecule has 2 aromatic heterocycles. The zero-order valence-corrected chi connectivity index (χ0v) is 35.9. The van der Waals surface area contributed by atoms with E-state index >= 15 is 0 Å². The summed E-state index contributed by atoms with van der Waals surface area (Å²) in [7, 11) is 1.74. The van der Waals surface area contributed by atoms with E-state index in [2.05, 4.69) is 101 Å². The first-order valence-electron chi connectivity index (χ1n) is 20.8. The van der Waals surface area contributed by atoms with Crippen molar-refractivity contribution in [3.8, 4) is 22.6 Å². The zero-order chi connectivity index (χ0) is 41.1. The van der Waals surface area contributed by atoms with Gasteiger partial charge in [0.25, 0.3) is 10.2 Å². The number of fused-ring (bicyclic) bond motifs is 2. The highest BCUT2D eigenvalue weighted by Crippen LogP contribution is 2.38. The third kappa shape index (κ3) is 8.58. The number of para-hydroxylation sites is 1. The maximum atomic E-state index is 12.6. The summed E-state index contributed by atoms with van der Waals surface area (Å²) in [5.74, 6) is 1.70. The molecule has 13 heteroatoms. The Labute approximate surface area is 348 Å². The summed E-state index contributed by atoms with van der Waals surface area (Å²) in [5.41, 5.74) is 9.21. The molecule has 59 heavy (non-hydrogen) atoms. The standard InChI is InChI=1S/C46H57N7O5S/c1-34-45(43(49(5)47-34)33-58-38-20-18-37(19-21-38)51-23-25-52(26-24-51)59(54,55)48(3)4)42-15-9-14-41-39(35(2)53(46(41)42)27-22-50-28-31-56-32-29-50)16-10-30-57-44-17-8-12-36-11-6-7-13-40(36)44/h6-9,11-15,17-21H,10,16,22-33H2,1-5H3. The molecule has 6 aromatic rings. The van der Waals surface area contributed by atoms with Crippen LogP contribution in [0.3, 0.4) is 0 Å². The molecule has 0 aliphatic carbocycles. The topological polar surface area (TPSA) is 97.5 Å². The number of piperazine rings is 1. The van der Waals surface area contributed by atoms with E-state index in [1.54, 1.807) is 18.4 Å². The number of aryl methyl sites for hydroxylation is 3. The van der Waals surface area contributed by atoms with E-state index in [4.69, 9.17) is 19.3 Å². The van der Waals surface area contributed by atoms with E-state index in [0.29, 0.717) is 39.4 Å². The first-order chi connectivity index (χ1) is 28.6. The highest BCUT2D eigenvalue weighted by atomic mass is 32.2. The molecule has 4 aromatic carbocycles. The first kappa shape index (κ1) is 40.8. The summed E-state index contributed by atoms with van der Waals surface area (Å²) in [6.07, 6.45) is 1.80. The predicted molar refractivity (Wildman–Crippen MR) is 236 cm³/mol. The molecule has 0 unspecified atom stereocenters. The molecule has 0 amide bonds. The average molecular weight is 820 g/mol. The highest BCUT2D eigenvalue weighted by Gasteiger charge is 2.29. The van der Waals surface area contributed by atoms with Gasteiger partial charge in [-0.3, -0.25) is 9.58 Å². The maximum Gasteiger partial charge on any atom is 0.281 e. The molecular formula is C46H57N7O5S. The van der Waals surface area contributed by atoms with Crippen LogP contribution in [0.2, 0.25) is 0 Å². The van der Waals surface area contributed by atoms with Crippen molar-refractivity contribution in [2.24, 2.45) is 7.05 Å². The van der Waals surface area contributed by atoms with Crippen LogP contribution in [0.4, 0.5) is 5.69 Å². The Bertz CT molecular complexity index is 2490. The minimum absolute atomic E-state index is 0.356. The van der Waals surface area contributed by atoms with E-state index < -0.39 is 10.2 Å². The molecule has 8 rings (SSSR count). The van der Waals surface area contributed by atoms with Crippen LogP contribution in [0.25, 0.3) is 32.8 Å². The lowest BCUT2D eigenvalue weighted by atomic mass is 9.98. The Hall–Kier alpha value is -4.92. The monoisotopic (exact) mass is 819 g/mol. The van der Waals surface area contributed by atoms with Crippen LogP contribution in [0.15, 0.2) is 84.9 Å². The molecule has 0 N–H and O–H groups in total. The Morgan fingerprint density at radius 3 is 2.27 bits per heavy atom. The number of nitrogens with zero attached hydrogens (tertiary/aromatic N) is 7. The van der Waals surface area contributed by atoms with Gasteiger partial charge in [-0.1, -0.05) is 54.6 Å². The summed E-state index contributed by atoms with van der Waals surface area (Å²) in [5, 5.41) is 8.55. The molecule has 2 aliphatic heterocycles. The van der Waals surface area contributed by atoms with Gasteiger partial charge in [-0.25, -0.2) is 0 Å². The van der Waals surface area contributed by atoms with Crippen LogP contribution < -0.4 is 14.4 Å². The Morgan fingerprint density at radius 2 is 1.51 bits per heavy atom. The van der Waals surface area contributed by atoms with Gasteiger partial charge in [0.15, 0.2) is 0 Å². The van der Waals surface area contributed by atoms with Gasteiger partial charge >= 0.3 is 0 Å². The average Bonchev–Trinajstić information content (AvgIpc) is 3.70. The van der Waals surface area contributed by atoms with Gasteiger partial charge < -0.3 is 23.7 Å². The number of rotatable bonds is 15. The molecule has 0 spiro atoms. The molecule has 4 heterocycles. The Morgan fingerprint density at radius 1 is 0.797 bits per heavy atom. The van der Waals surface area contributed by atoms with Crippen molar-refractivity contribution in [3.63, 3.8) is 0 Å². The second kappa shape index (κ2) is 17.7. The normalized spacial score (nSPS) is 15.8. The Kier molecular flexibility index (Phi) is 12.3. The number of hydrogen-bond donors (Lipinski definition) is 0. The van der Waals surface area contributed by atoms with Crippen molar-refractivity contribution >= 4 is 37.6 Å². The van der Waals surface area contributed by atoms with Crippen LogP contribution in [0.5, 0.6) is 11.5 Å². The second-order valence-electron chi connectivity index (χ2n) is 15.8. The third-order valence-corrected chi connectivity index (χ3v) is 13.9. The minimum Gasteiger partial charge on any atom is -0.493 e. The molecule has 2 fully saturated rings. The SMILES string of the molecule is Cc1nn(C)c(COc2ccc(N3CCN(S(=O)(=O)N(C)C)CC3)cc2)c1-c1cccc2c(CCCOc3cccc4ccccc34)c(C)n(CCN3CCOCC3)c12. The van der Waals surface area contributed by atoms with Crippen LogP contribution in [0, 0.1) is 13.8 Å². The molecule has 2 saturated heterocycles. The molecule has 0 saturated carbocycles. The molecule has 0 atom stereocenters. The lowest BCUT2D eigenvalue weighted by molar-refractivity contribution is 0.0365. The molecule has 0 radical (unpaired) electrons. The van der Waals surface area contributed by atoms with Crippen LogP contribution in [-0.2, 0) is 41.6 Å². The molecule has 0 bridgehead atoms. The molecule has 12 nitrogen and oxygen atoms in total. The van der Waals surface area contributed by atoms with Crippen LogP contribution >= 0.6 is 0 Å². The Balaban J connectivity index is 1.03. The largest absolute Gasteiger partial charge is 0.493 e. The fourth-order valence-corrected chi connectivity index (χ4v) is 9.84. The predicted octanol–water partition coefficient (Wildman–Crippen LogP) is 6.66. The fourth-order valence-electron chi connectivity index (χ4n) is 8.75. The van der Waals surface area contributed by atoms with Gasteiger partial charge in [-0.15, -0.1) is 0 Å². The number of anilines is 1. The number of benzene rings is 4. The fraction of sp³-hybridized carbons (Fsp3) is 0.413. The van der Waals surface area contributed by atoms with Gasteiger partial charge in [-0.2, -0.15) is 22.1 Å².